The van der Waals surface area contributed by atoms with E-state index in [1.54, 1.807) is 33.5 Å². The largest absolute Gasteiger partial charge is 0.493 e. The zero-order valence-electron chi connectivity index (χ0n) is 15.5. The molecular formula is C20H17BrN2O4S. The molecule has 0 amide bonds. The molecular weight excluding hydrogens is 444 g/mol. The van der Waals surface area contributed by atoms with E-state index in [0.29, 0.717) is 46.0 Å². The summed E-state index contributed by atoms with van der Waals surface area (Å²) in [7, 11) is 4.69. The van der Waals surface area contributed by atoms with Crippen molar-refractivity contribution in [3.05, 3.63) is 45.9 Å². The molecule has 0 spiro atoms. The number of thiocarbonyl (C=S) groups is 1. The van der Waals surface area contributed by atoms with Gasteiger partial charge in [-0.15, -0.1) is 0 Å². The van der Waals surface area contributed by atoms with Gasteiger partial charge < -0.3 is 18.9 Å². The molecule has 2 aromatic rings. The number of rotatable bonds is 4. The van der Waals surface area contributed by atoms with Crippen molar-refractivity contribution in [2.45, 2.75) is 6.42 Å². The van der Waals surface area contributed by atoms with Gasteiger partial charge in [0.1, 0.15) is 10.7 Å². The SMILES string of the molecule is COc1cc(C2=NC(=S)C3Cc4cc(Br)ccc4OC3=N2)cc(OC)c1OC. The van der Waals surface area contributed by atoms with Gasteiger partial charge in [-0.3, -0.25) is 0 Å². The quantitative estimate of drug-likeness (QED) is 0.639. The average molecular weight is 461 g/mol. The van der Waals surface area contributed by atoms with Crippen LogP contribution in [0.5, 0.6) is 23.0 Å². The van der Waals surface area contributed by atoms with E-state index in [1.165, 1.54) is 0 Å². The number of benzene rings is 2. The lowest BCUT2D eigenvalue weighted by Gasteiger charge is -2.28. The van der Waals surface area contributed by atoms with Crippen molar-refractivity contribution in [2.75, 3.05) is 21.3 Å². The van der Waals surface area contributed by atoms with Gasteiger partial charge in [0.05, 0.1) is 27.2 Å². The van der Waals surface area contributed by atoms with Gasteiger partial charge in [-0.25, -0.2) is 4.99 Å². The van der Waals surface area contributed by atoms with Gasteiger partial charge in [0.2, 0.25) is 11.6 Å². The molecule has 0 bridgehead atoms. The van der Waals surface area contributed by atoms with Crippen molar-refractivity contribution in [3.8, 4) is 23.0 Å². The average Bonchev–Trinajstić information content (AvgIpc) is 2.71. The van der Waals surface area contributed by atoms with Crippen LogP contribution in [-0.2, 0) is 6.42 Å². The minimum Gasteiger partial charge on any atom is -0.493 e. The van der Waals surface area contributed by atoms with Crippen LogP contribution in [0.1, 0.15) is 11.1 Å². The molecule has 28 heavy (non-hydrogen) atoms. The van der Waals surface area contributed by atoms with Crippen LogP contribution in [0.3, 0.4) is 0 Å². The Kier molecular flexibility index (Phi) is 5.07. The summed E-state index contributed by atoms with van der Waals surface area (Å²) in [6.07, 6.45) is 0.707. The molecule has 2 heterocycles. The Morgan fingerprint density at radius 1 is 1.04 bits per heavy atom. The number of ether oxygens (including phenoxy) is 4. The van der Waals surface area contributed by atoms with E-state index in [4.69, 9.17) is 31.2 Å². The maximum Gasteiger partial charge on any atom is 0.207 e. The van der Waals surface area contributed by atoms with Gasteiger partial charge in [0.15, 0.2) is 17.3 Å². The highest BCUT2D eigenvalue weighted by atomic mass is 79.9. The molecule has 2 aliphatic heterocycles. The van der Waals surface area contributed by atoms with Crippen molar-refractivity contribution < 1.29 is 18.9 Å². The predicted octanol–water partition coefficient (Wildman–Crippen LogP) is 4.21. The van der Waals surface area contributed by atoms with Crippen molar-refractivity contribution in [1.29, 1.82) is 0 Å². The van der Waals surface area contributed by atoms with Gasteiger partial charge in [-0.1, -0.05) is 28.1 Å². The maximum absolute atomic E-state index is 6.04. The molecule has 0 saturated heterocycles. The van der Waals surface area contributed by atoms with Crippen LogP contribution in [-0.4, -0.2) is 38.1 Å². The Balaban J connectivity index is 1.75. The number of fused-ring (bicyclic) bond motifs is 2. The van der Waals surface area contributed by atoms with E-state index in [2.05, 4.69) is 25.9 Å². The second-order valence-corrected chi connectivity index (χ2v) is 7.58. The fourth-order valence-electron chi connectivity index (χ4n) is 3.24. The molecule has 2 aromatic carbocycles. The normalized spacial score (nSPS) is 17.6. The smallest absolute Gasteiger partial charge is 0.207 e. The highest BCUT2D eigenvalue weighted by molar-refractivity contribution is 9.10. The van der Waals surface area contributed by atoms with Crippen LogP contribution in [0.2, 0.25) is 0 Å². The van der Waals surface area contributed by atoms with E-state index in [-0.39, 0.29) is 5.92 Å². The maximum atomic E-state index is 6.04. The third-order valence-corrected chi connectivity index (χ3v) is 5.48. The lowest BCUT2D eigenvalue weighted by Crippen LogP contribution is -2.36. The van der Waals surface area contributed by atoms with Crippen LogP contribution >= 0.6 is 28.1 Å². The first kappa shape index (κ1) is 18.9. The first-order valence-electron chi connectivity index (χ1n) is 8.51. The molecule has 0 saturated carbocycles. The highest BCUT2D eigenvalue weighted by Gasteiger charge is 2.34. The highest BCUT2D eigenvalue weighted by Crippen LogP contribution is 2.39. The lowest BCUT2D eigenvalue weighted by atomic mass is 9.94. The topological polar surface area (TPSA) is 61.6 Å². The van der Waals surface area contributed by atoms with Crippen molar-refractivity contribution >= 4 is 44.9 Å². The first-order valence-corrected chi connectivity index (χ1v) is 9.72. The molecule has 0 radical (unpaired) electrons. The molecule has 1 atom stereocenters. The summed E-state index contributed by atoms with van der Waals surface area (Å²) in [6.45, 7) is 0. The van der Waals surface area contributed by atoms with E-state index in [0.717, 1.165) is 15.8 Å². The number of amidine groups is 1. The van der Waals surface area contributed by atoms with Gasteiger partial charge in [-0.2, -0.15) is 4.99 Å². The Hall–Kier alpha value is -2.45. The Morgan fingerprint density at radius 3 is 2.39 bits per heavy atom. The predicted molar refractivity (Wildman–Crippen MR) is 115 cm³/mol. The van der Waals surface area contributed by atoms with E-state index in [1.807, 2.05) is 18.2 Å². The summed E-state index contributed by atoms with van der Waals surface area (Å²) < 4.78 is 23.3. The van der Waals surface area contributed by atoms with Gasteiger partial charge in [0, 0.05) is 10.0 Å². The summed E-state index contributed by atoms with van der Waals surface area (Å²) in [4.78, 5) is 9.74. The molecule has 144 valence electrons. The number of hydrogen-bond donors (Lipinski definition) is 0. The summed E-state index contributed by atoms with van der Waals surface area (Å²) >= 11 is 9.06. The molecule has 2 aliphatic rings. The molecule has 0 N–H and O–H groups in total. The number of nitrogens with zero attached hydrogens (tertiary/aromatic N) is 2. The number of aliphatic imine (C=N–C) groups is 2. The number of methoxy groups -OCH3 is 3. The molecule has 8 heteroatoms. The summed E-state index contributed by atoms with van der Waals surface area (Å²) in [5.41, 5.74) is 1.78. The fraction of sp³-hybridized carbons (Fsp3) is 0.250. The Bertz CT molecular complexity index is 1010. The van der Waals surface area contributed by atoms with Crippen LogP contribution in [0.25, 0.3) is 0 Å². The standard InChI is InChI=1S/C20H17BrN2O4S/c1-24-15-8-11(9-16(25-2)17(15)26-3)18-22-19-13(20(28)23-18)7-10-6-12(21)4-5-14(10)27-19/h4-6,8-9,13H,7H2,1-3H3. The van der Waals surface area contributed by atoms with Crippen LogP contribution in [0.15, 0.2) is 44.8 Å². The molecule has 0 fully saturated rings. The summed E-state index contributed by atoms with van der Waals surface area (Å²) in [6, 6.07) is 9.48. The molecule has 6 nitrogen and oxygen atoms in total. The fourth-order valence-corrected chi connectivity index (χ4v) is 3.92. The minimum absolute atomic E-state index is 0.150. The zero-order chi connectivity index (χ0) is 19.8. The van der Waals surface area contributed by atoms with E-state index in [9.17, 15) is 0 Å². The van der Waals surface area contributed by atoms with Crippen molar-refractivity contribution in [1.82, 2.24) is 0 Å². The lowest BCUT2D eigenvalue weighted by molar-refractivity contribution is 0.324. The second-order valence-electron chi connectivity index (χ2n) is 6.25. The number of hydrogen-bond acceptors (Lipinski definition) is 6. The minimum atomic E-state index is -0.150. The third kappa shape index (κ3) is 3.27. The van der Waals surface area contributed by atoms with Gasteiger partial charge in [0.25, 0.3) is 0 Å². The van der Waals surface area contributed by atoms with Crippen molar-refractivity contribution in [2.24, 2.45) is 15.9 Å². The van der Waals surface area contributed by atoms with E-state index < -0.39 is 0 Å². The van der Waals surface area contributed by atoms with Gasteiger partial charge in [-0.05, 0) is 42.3 Å². The van der Waals surface area contributed by atoms with E-state index >= 15 is 0 Å². The summed E-state index contributed by atoms with van der Waals surface area (Å²) in [5.74, 6) is 3.19. The molecule has 1 unspecified atom stereocenters. The zero-order valence-corrected chi connectivity index (χ0v) is 17.9. The second kappa shape index (κ2) is 7.52. The monoisotopic (exact) mass is 460 g/mol. The van der Waals surface area contributed by atoms with Crippen LogP contribution in [0.4, 0.5) is 0 Å². The Labute approximate surface area is 176 Å². The Morgan fingerprint density at radius 2 is 1.75 bits per heavy atom. The summed E-state index contributed by atoms with van der Waals surface area (Å²) in [5, 5.41) is 0. The van der Waals surface area contributed by atoms with Gasteiger partial charge >= 0.3 is 0 Å². The molecule has 0 aliphatic carbocycles. The van der Waals surface area contributed by atoms with Crippen molar-refractivity contribution in [3.63, 3.8) is 0 Å². The first-order chi connectivity index (χ1) is 13.5. The molecule has 0 aromatic heterocycles. The molecule has 4 rings (SSSR count). The third-order valence-electron chi connectivity index (χ3n) is 4.61. The number of halogens is 1. The van der Waals surface area contributed by atoms with Crippen LogP contribution in [0, 0.1) is 5.92 Å². The van der Waals surface area contributed by atoms with Crippen LogP contribution < -0.4 is 18.9 Å².